The first-order valence-electron chi connectivity index (χ1n) is 43.7. The molecule has 0 spiro atoms. The number of aliphatic hydroxyl groups excluding tert-OH is 3. The van der Waals surface area contributed by atoms with Gasteiger partial charge in [-0.25, -0.2) is 14.8 Å². The van der Waals surface area contributed by atoms with E-state index in [-0.39, 0.29) is 107 Å². The van der Waals surface area contributed by atoms with Gasteiger partial charge in [0.05, 0.1) is 38.0 Å². The summed E-state index contributed by atoms with van der Waals surface area (Å²) in [6.07, 6.45) is 4.40. The van der Waals surface area contributed by atoms with Crippen molar-refractivity contribution >= 4 is 117 Å². The molecule has 0 aliphatic heterocycles. The standard InChI is InChI=1S/C83H135N27O21/c1-11-43(7)64(109-70(119)53(22-17-27-92-82(86)87)98-74(123)59(32-48-35-90-39-95-48)105-80(129)66(46(10)113)110-79(128)65(44(8)12-2)108-68(117)51(85)20-15-16-26-84)78(127)104-60(33-49-36-91-40-96-49)75(124)103-58(31-47-34-94-52-21-14-13-19-50(47)52)73(122)99-54(24-25-63(114)115)69(118)107-61(37-111)76(125)97-45(9)67(116)106-62(38-112)77(126)102-57(30-42(5)6)72(121)101-56(29-41(3)4)71(120)100-55(81(130)131)23-18-28-93-83(88)89/h13-14,19,21,34-36,39-46,51,53-62,64-66,94,111-113H,11-12,15-18,20,22-33,37-38,84-85H2,1-10H3,(H,90,95)(H,91,96)(H,97,125)(H,98,123)(H,99,122)(H,100,120)(H,101,121)(H,102,126)(H,103,124)(H,104,127)(H,105,129)(H,106,116)(H,107,118)(H,108,117)(H,109,119)(H,110,128)(H,114,115)(H,130,131)(H4,86,87,92)(H4,88,89,93)/t43-,44-,45-,46+,51-,53-,54-,55-,56-,57-,58-,59-,60-,61-,62-,64-,65-,66-/m0/s1. The van der Waals surface area contributed by atoms with E-state index < -0.39 is 235 Å². The number of para-hydroxylation sites is 1. The maximum Gasteiger partial charge on any atom is 0.326 e. The summed E-state index contributed by atoms with van der Waals surface area (Å²) in [6.45, 7) is 14.2. The molecule has 3 heterocycles. The van der Waals surface area contributed by atoms with Gasteiger partial charge in [-0.3, -0.25) is 82.7 Å². The van der Waals surface area contributed by atoms with Gasteiger partial charge in [-0.05, 0) is 113 Å². The number of hydrogen-bond acceptors (Lipinski definition) is 25. The molecule has 4 aromatic rings. The molecule has 0 unspecified atom stereocenters. The first kappa shape index (κ1) is 110. The number of carboxylic acids is 2. The molecule has 131 heavy (non-hydrogen) atoms. The van der Waals surface area contributed by atoms with Gasteiger partial charge >= 0.3 is 11.9 Å². The van der Waals surface area contributed by atoms with Crippen molar-refractivity contribution in [1.29, 1.82) is 10.8 Å². The maximum atomic E-state index is 15.2. The minimum Gasteiger partial charge on any atom is -0.481 e. The number of rotatable bonds is 61. The Morgan fingerprint density at radius 2 is 0.809 bits per heavy atom. The van der Waals surface area contributed by atoms with Crippen LogP contribution in [0.4, 0.5) is 0 Å². The van der Waals surface area contributed by atoms with E-state index in [1.807, 2.05) is 0 Å². The Morgan fingerprint density at radius 3 is 1.26 bits per heavy atom. The van der Waals surface area contributed by atoms with E-state index in [2.05, 4.69) is 110 Å². The lowest BCUT2D eigenvalue weighted by Crippen LogP contribution is -2.63. The van der Waals surface area contributed by atoms with E-state index in [1.165, 1.54) is 38.2 Å². The molecule has 14 amide bonds. The Labute approximate surface area is 758 Å². The summed E-state index contributed by atoms with van der Waals surface area (Å²) in [5.41, 5.74) is 24.2. The number of imidazole rings is 2. The number of carboxylic acid groups (broad SMARTS) is 2. The molecule has 0 aliphatic rings. The highest BCUT2D eigenvalue weighted by Crippen LogP contribution is 2.22. The van der Waals surface area contributed by atoms with Crippen LogP contribution in [0.2, 0.25) is 0 Å². The van der Waals surface area contributed by atoms with E-state index in [4.69, 9.17) is 33.8 Å². The van der Waals surface area contributed by atoms with Gasteiger partial charge in [-0.15, -0.1) is 0 Å². The number of H-pyrrole nitrogens is 3. The second kappa shape index (κ2) is 56.5. The largest absolute Gasteiger partial charge is 0.481 e. The van der Waals surface area contributed by atoms with Crippen molar-refractivity contribution in [3.05, 3.63) is 72.5 Å². The number of carbonyl (C=O) groups is 16. The number of unbranched alkanes of at least 4 members (excludes halogenated alkanes) is 1. The van der Waals surface area contributed by atoms with E-state index in [0.717, 1.165) is 6.92 Å². The van der Waals surface area contributed by atoms with Crippen LogP contribution in [-0.4, -0.2) is 287 Å². The predicted molar refractivity (Wildman–Crippen MR) is 477 cm³/mol. The Morgan fingerprint density at radius 1 is 0.427 bits per heavy atom. The zero-order chi connectivity index (χ0) is 97.9. The van der Waals surface area contributed by atoms with Gasteiger partial charge in [0.1, 0.15) is 84.6 Å². The van der Waals surface area contributed by atoms with E-state index in [0.29, 0.717) is 48.0 Å². The van der Waals surface area contributed by atoms with Crippen LogP contribution in [0.25, 0.3) is 10.9 Å². The van der Waals surface area contributed by atoms with Crippen molar-refractivity contribution in [2.45, 2.75) is 269 Å². The molecule has 18 atom stereocenters. The van der Waals surface area contributed by atoms with Gasteiger partial charge in [0, 0.05) is 79.7 Å². The zero-order valence-electron chi connectivity index (χ0n) is 75.6. The van der Waals surface area contributed by atoms with Crippen molar-refractivity contribution < 1.29 is 102 Å². The number of nitrogens with zero attached hydrogens (tertiary/aromatic N) is 2. The van der Waals surface area contributed by atoms with Crippen molar-refractivity contribution in [2.75, 3.05) is 32.8 Å². The van der Waals surface area contributed by atoms with E-state index in [1.54, 1.807) is 79.7 Å². The average molecular weight is 1850 g/mol. The van der Waals surface area contributed by atoms with Gasteiger partial charge in [-0.1, -0.05) is 92.9 Å². The molecule has 728 valence electrons. The Hall–Kier alpha value is -13.0. The minimum atomic E-state index is -1.97. The fraction of sp³-hybridized carbons (Fsp3) is 0.614. The number of aromatic nitrogens is 5. The number of aliphatic carboxylic acids is 2. The average Bonchev–Trinajstić information content (AvgIpc) is 1.70. The second-order valence-electron chi connectivity index (χ2n) is 33.2. The number of hydrogen-bond donors (Lipinski definition) is 30. The number of benzene rings is 1. The van der Waals surface area contributed by atoms with Crippen molar-refractivity contribution in [1.82, 2.24) is 110 Å². The van der Waals surface area contributed by atoms with E-state index >= 15 is 14.4 Å². The molecule has 0 bridgehead atoms. The highest BCUT2D eigenvalue weighted by molar-refractivity contribution is 6.01. The van der Waals surface area contributed by atoms with Gasteiger partial charge in [0.2, 0.25) is 82.7 Å². The lowest BCUT2D eigenvalue weighted by atomic mass is 9.96. The molecule has 1 aromatic carbocycles. The molecule has 3 aromatic heterocycles. The van der Waals surface area contributed by atoms with Gasteiger partial charge in [0.25, 0.3) is 0 Å². The minimum absolute atomic E-state index is 0.0171. The molecule has 0 radical (unpaired) electrons. The molecular formula is C83H135N27O21. The second-order valence-corrected chi connectivity index (χ2v) is 33.2. The monoisotopic (exact) mass is 1850 g/mol. The Bertz CT molecular complexity index is 4430. The number of guanidine groups is 2. The van der Waals surface area contributed by atoms with Crippen LogP contribution in [0, 0.1) is 34.5 Å². The number of carbonyl (C=O) groups excluding carboxylic acids is 14. The molecule has 0 fully saturated rings. The Balaban J connectivity index is 1.63. The topological polar surface area (TPSA) is 792 Å². The predicted octanol–water partition coefficient (Wildman–Crippen LogP) is -6.07. The molecule has 4 rings (SSSR count). The van der Waals surface area contributed by atoms with Crippen LogP contribution in [0.1, 0.15) is 170 Å². The summed E-state index contributed by atoms with van der Waals surface area (Å²) >= 11 is 0. The number of amides is 14. The quantitative estimate of drug-likeness (QED) is 0.0111. The third kappa shape index (κ3) is 38.3. The molecule has 34 N–H and O–H groups in total. The molecule has 0 saturated heterocycles. The van der Waals surface area contributed by atoms with E-state index in [9.17, 15) is 87.9 Å². The third-order valence-corrected chi connectivity index (χ3v) is 21.5. The van der Waals surface area contributed by atoms with Crippen LogP contribution >= 0.6 is 0 Å². The lowest BCUT2D eigenvalue weighted by Gasteiger charge is -2.30. The smallest absolute Gasteiger partial charge is 0.326 e. The first-order chi connectivity index (χ1) is 61.9. The molecular weight excluding hydrogens is 1710 g/mol. The highest BCUT2D eigenvalue weighted by Gasteiger charge is 2.41. The lowest BCUT2D eigenvalue weighted by molar-refractivity contribution is -0.142. The molecule has 0 saturated carbocycles. The summed E-state index contributed by atoms with van der Waals surface area (Å²) in [6, 6.07) is -16.8. The normalized spacial score (nSPS) is 15.4. The summed E-state index contributed by atoms with van der Waals surface area (Å²) in [7, 11) is 0. The van der Waals surface area contributed by atoms with Crippen LogP contribution in [0.3, 0.4) is 0 Å². The summed E-state index contributed by atoms with van der Waals surface area (Å²) in [5.74, 6) is -19.7. The SMILES string of the molecule is CC[C@H](C)[C@H](NC(=O)[C@H](CCCNC(=N)N)NC(=O)[C@H](Cc1cnc[nH]1)NC(=O)[C@@H](NC(=O)[C@@H](NC(=O)[C@@H](N)CCCCN)[C@@H](C)CC)[C@@H](C)O)C(=O)N[C@@H](Cc1cnc[nH]1)C(=O)N[C@@H](Cc1c[nH]c2ccccc12)C(=O)N[C@@H](CCC(=O)O)C(=O)N[C@@H](CO)C(=O)N[C@@H](C)C(=O)N[C@@H](CO)C(=O)N[C@@H](CC(C)C)C(=O)N[C@@H](CC(C)C)C(=O)N[C@@H](CCCNC(=N)N)C(=O)O. The first-order valence-corrected chi connectivity index (χ1v) is 43.7. The van der Waals surface area contributed by atoms with Crippen LogP contribution in [0.5, 0.6) is 0 Å². The van der Waals surface area contributed by atoms with Crippen molar-refractivity contribution in [3.63, 3.8) is 0 Å². The summed E-state index contributed by atoms with van der Waals surface area (Å²) < 4.78 is 0. The van der Waals surface area contributed by atoms with Gasteiger partial charge in [-0.2, -0.15) is 0 Å². The summed E-state index contributed by atoms with van der Waals surface area (Å²) in [5, 5.41) is 108. The maximum absolute atomic E-state index is 15.2. The number of aromatic amines is 3. The fourth-order valence-electron chi connectivity index (χ4n) is 13.6. The van der Waals surface area contributed by atoms with Gasteiger partial charge in [0.15, 0.2) is 11.9 Å². The highest BCUT2D eigenvalue weighted by atomic mass is 16.4. The fourth-order valence-corrected chi connectivity index (χ4v) is 13.6. The molecule has 48 heteroatoms. The number of nitrogens with one attached hydrogen (secondary N) is 21. The van der Waals surface area contributed by atoms with Crippen LogP contribution in [0.15, 0.2) is 55.5 Å². The van der Waals surface area contributed by atoms with Gasteiger partial charge < -0.3 is 148 Å². The van der Waals surface area contributed by atoms with Crippen LogP contribution in [-0.2, 0) is 96.0 Å². The number of nitrogens with two attached hydrogens (primary N) is 4. The third-order valence-electron chi connectivity index (χ3n) is 21.5. The molecule has 48 nitrogen and oxygen atoms in total. The zero-order valence-corrected chi connectivity index (χ0v) is 75.6. The van der Waals surface area contributed by atoms with Crippen LogP contribution < -0.4 is 108 Å². The Kier molecular flexibility index (Phi) is 47.6. The van der Waals surface area contributed by atoms with Crippen molar-refractivity contribution in [2.24, 2.45) is 46.6 Å². The summed E-state index contributed by atoms with van der Waals surface area (Å²) in [4.78, 5) is 242. The number of fused-ring (bicyclic) bond motifs is 1. The number of aliphatic hydroxyl groups is 3. The van der Waals surface area contributed by atoms with Crippen molar-refractivity contribution in [3.8, 4) is 0 Å². The molecule has 0 aliphatic carbocycles.